The van der Waals surface area contributed by atoms with Gasteiger partial charge in [0.1, 0.15) is 5.82 Å². The van der Waals surface area contributed by atoms with E-state index >= 15 is 0 Å². The molecule has 0 saturated carbocycles. The Labute approximate surface area is 167 Å². The smallest absolute Gasteiger partial charge is 0.321 e. The summed E-state index contributed by atoms with van der Waals surface area (Å²) in [6.07, 6.45) is 10.7. The van der Waals surface area contributed by atoms with Gasteiger partial charge in [0.15, 0.2) is 10.7 Å². The van der Waals surface area contributed by atoms with E-state index in [-0.39, 0.29) is 6.61 Å². The lowest BCUT2D eigenvalue weighted by molar-refractivity contribution is 0.224. The summed E-state index contributed by atoms with van der Waals surface area (Å²) in [5.74, 6) is 2.75. The van der Waals surface area contributed by atoms with E-state index in [2.05, 4.69) is 31.4 Å². The Hall–Kier alpha value is -3.20. The Morgan fingerprint density at radius 2 is 2.25 bits per heavy atom. The summed E-state index contributed by atoms with van der Waals surface area (Å²) in [6.45, 7) is 7.04. The first-order valence-electron chi connectivity index (χ1n) is 8.81. The maximum Gasteiger partial charge on any atom is 0.321 e. The molecule has 2 aromatic rings. The second kappa shape index (κ2) is 9.14. The number of nitrogens with one attached hydrogen (secondary N) is 2. The van der Waals surface area contributed by atoms with Crippen LogP contribution in [-0.2, 0) is 0 Å². The standard InChI is InChI=1S/C20H19N5O2S/c1-3-19-24-18(12-28-19)25-20(27)23-17(11-26)16-9-8-13(10-22-16)14-6-4-5-7-15(14)21-2/h1,8-10,12,17,26H,4-7,11H2,(H2,23,25,27)/t17-/m0/s1. The number of amides is 2. The number of anilines is 1. The van der Waals surface area contributed by atoms with E-state index in [0.29, 0.717) is 16.5 Å². The van der Waals surface area contributed by atoms with Crippen LogP contribution in [-0.4, -0.2) is 27.7 Å². The van der Waals surface area contributed by atoms with Gasteiger partial charge in [-0.3, -0.25) is 10.3 Å². The molecule has 0 fully saturated rings. The second-order valence-corrected chi connectivity index (χ2v) is 7.09. The molecule has 8 heteroatoms. The molecule has 0 spiro atoms. The Kier molecular flexibility index (Phi) is 6.38. The number of hydrogen-bond acceptors (Lipinski definition) is 5. The van der Waals surface area contributed by atoms with Crippen molar-refractivity contribution in [1.29, 1.82) is 0 Å². The molecule has 3 N–H and O–H groups in total. The van der Waals surface area contributed by atoms with Gasteiger partial charge in [0.05, 0.1) is 24.9 Å². The molecule has 2 aromatic heterocycles. The largest absolute Gasteiger partial charge is 0.394 e. The maximum absolute atomic E-state index is 12.2. The summed E-state index contributed by atoms with van der Waals surface area (Å²) in [6, 6.07) is 2.47. The molecule has 3 rings (SSSR count). The lowest BCUT2D eigenvalue weighted by atomic mass is 9.92. The Balaban J connectivity index is 1.69. The number of aromatic nitrogens is 2. The van der Waals surface area contributed by atoms with Gasteiger partial charge in [-0.1, -0.05) is 18.9 Å². The summed E-state index contributed by atoms with van der Waals surface area (Å²) < 4.78 is 0. The fourth-order valence-electron chi connectivity index (χ4n) is 3.03. The van der Waals surface area contributed by atoms with Gasteiger partial charge in [-0.25, -0.2) is 14.6 Å². The number of rotatable bonds is 5. The van der Waals surface area contributed by atoms with Crippen LogP contribution in [0.5, 0.6) is 0 Å². The first-order chi connectivity index (χ1) is 13.6. The molecule has 2 amide bonds. The number of urea groups is 1. The molecule has 0 unspecified atom stereocenters. The van der Waals surface area contributed by atoms with E-state index in [0.717, 1.165) is 42.5 Å². The van der Waals surface area contributed by atoms with E-state index in [9.17, 15) is 9.90 Å². The number of carbonyl (C=O) groups excluding carboxylic acids is 1. The molecular weight excluding hydrogens is 374 g/mol. The normalized spacial score (nSPS) is 14.7. The minimum Gasteiger partial charge on any atom is -0.394 e. The molecule has 1 atom stereocenters. The molecule has 0 aliphatic heterocycles. The van der Waals surface area contributed by atoms with Gasteiger partial charge in [-0.2, -0.15) is 0 Å². The second-order valence-electron chi connectivity index (χ2n) is 6.23. The van der Waals surface area contributed by atoms with Crippen molar-refractivity contribution in [1.82, 2.24) is 15.3 Å². The Morgan fingerprint density at radius 1 is 1.43 bits per heavy atom. The van der Waals surface area contributed by atoms with Crippen molar-refractivity contribution in [2.45, 2.75) is 31.7 Å². The molecular formula is C20H19N5O2S. The first kappa shape index (κ1) is 19.6. The van der Waals surface area contributed by atoms with E-state index in [4.69, 9.17) is 13.0 Å². The van der Waals surface area contributed by atoms with Gasteiger partial charge >= 0.3 is 6.03 Å². The van der Waals surface area contributed by atoms with Gasteiger partial charge < -0.3 is 10.4 Å². The molecule has 0 saturated heterocycles. The molecule has 1 aliphatic carbocycles. The maximum atomic E-state index is 12.2. The van der Waals surface area contributed by atoms with Crippen molar-refractivity contribution in [2.75, 3.05) is 11.9 Å². The molecule has 28 heavy (non-hydrogen) atoms. The topological polar surface area (TPSA) is 91.5 Å². The Morgan fingerprint density at radius 3 is 2.89 bits per heavy atom. The van der Waals surface area contributed by atoms with Crippen LogP contribution >= 0.6 is 11.3 Å². The SMILES string of the molecule is [C-]#[N+]C1=C(c2ccc([C@H](CO)NC(=O)Nc3csc(C#C)n3)nc2)CCCC1. The van der Waals surface area contributed by atoms with E-state index in [1.54, 1.807) is 17.6 Å². The third kappa shape index (κ3) is 4.55. The van der Waals surface area contributed by atoms with Gasteiger partial charge in [-0.05, 0) is 36.0 Å². The summed E-state index contributed by atoms with van der Waals surface area (Å²) in [5.41, 5.74) is 3.29. The first-order valence-corrected chi connectivity index (χ1v) is 9.69. The fourth-order valence-corrected chi connectivity index (χ4v) is 3.59. The molecule has 0 radical (unpaired) electrons. The van der Waals surface area contributed by atoms with Crippen LogP contribution in [0.3, 0.4) is 0 Å². The number of nitrogens with zero attached hydrogens (tertiary/aromatic N) is 3. The zero-order valence-electron chi connectivity index (χ0n) is 15.1. The quantitative estimate of drug-likeness (QED) is 0.535. The lowest BCUT2D eigenvalue weighted by Gasteiger charge is -2.18. The number of thiazole rings is 1. The minimum atomic E-state index is -0.666. The highest BCUT2D eigenvalue weighted by Gasteiger charge is 2.18. The molecule has 2 heterocycles. The number of allylic oxidation sites excluding steroid dienone is 2. The molecule has 7 nitrogen and oxygen atoms in total. The van der Waals surface area contributed by atoms with Crippen molar-refractivity contribution < 1.29 is 9.90 Å². The van der Waals surface area contributed by atoms with E-state index in [1.165, 1.54) is 11.3 Å². The van der Waals surface area contributed by atoms with E-state index < -0.39 is 12.1 Å². The molecule has 0 bridgehead atoms. The minimum absolute atomic E-state index is 0.303. The van der Waals surface area contributed by atoms with Crippen molar-refractivity contribution >= 4 is 28.8 Å². The van der Waals surface area contributed by atoms with Gasteiger partial charge in [0.25, 0.3) is 0 Å². The van der Waals surface area contributed by atoms with Gasteiger partial charge in [0.2, 0.25) is 0 Å². The lowest BCUT2D eigenvalue weighted by Crippen LogP contribution is -2.34. The third-order valence-corrected chi connectivity index (χ3v) is 5.20. The highest BCUT2D eigenvalue weighted by atomic mass is 32.1. The predicted molar refractivity (Wildman–Crippen MR) is 108 cm³/mol. The van der Waals surface area contributed by atoms with Crippen LogP contribution in [0.15, 0.2) is 29.4 Å². The summed E-state index contributed by atoms with van der Waals surface area (Å²) in [4.78, 5) is 24.3. The molecule has 1 aliphatic rings. The number of aliphatic hydroxyl groups excluding tert-OH is 1. The number of carbonyl (C=O) groups is 1. The van der Waals surface area contributed by atoms with Crippen molar-refractivity contribution in [3.63, 3.8) is 0 Å². The zero-order chi connectivity index (χ0) is 19.9. The van der Waals surface area contributed by atoms with Crippen molar-refractivity contribution in [3.8, 4) is 12.3 Å². The highest BCUT2D eigenvalue weighted by molar-refractivity contribution is 7.10. The average molecular weight is 393 g/mol. The zero-order valence-corrected chi connectivity index (χ0v) is 15.9. The number of aliphatic hydroxyl groups is 1. The molecule has 142 valence electrons. The van der Waals surface area contributed by atoms with Crippen molar-refractivity contribution in [2.24, 2.45) is 0 Å². The van der Waals surface area contributed by atoms with Crippen LogP contribution in [0.2, 0.25) is 0 Å². The van der Waals surface area contributed by atoms with Crippen LogP contribution in [0.1, 0.15) is 48.0 Å². The summed E-state index contributed by atoms with van der Waals surface area (Å²) in [7, 11) is 0. The summed E-state index contributed by atoms with van der Waals surface area (Å²) in [5, 5.41) is 17.0. The van der Waals surface area contributed by atoms with Crippen LogP contribution in [0, 0.1) is 18.9 Å². The number of terminal acetylenes is 1. The van der Waals surface area contributed by atoms with E-state index in [1.807, 2.05) is 6.07 Å². The van der Waals surface area contributed by atoms with Gasteiger partial charge in [-0.15, -0.1) is 17.8 Å². The Bertz CT molecular complexity index is 966. The fraction of sp³-hybridized carbons (Fsp3) is 0.300. The monoisotopic (exact) mass is 393 g/mol. The van der Waals surface area contributed by atoms with Crippen molar-refractivity contribution in [3.05, 3.63) is 57.1 Å². The third-order valence-electron chi connectivity index (χ3n) is 4.42. The average Bonchev–Trinajstić information content (AvgIpc) is 3.19. The predicted octanol–water partition coefficient (Wildman–Crippen LogP) is 3.58. The number of hydrogen-bond donors (Lipinski definition) is 3. The van der Waals surface area contributed by atoms with Crippen LogP contribution in [0.25, 0.3) is 10.4 Å². The van der Waals surface area contributed by atoms with Gasteiger partial charge in [0, 0.05) is 11.6 Å². The number of pyridine rings is 1. The van der Waals surface area contributed by atoms with Crippen LogP contribution in [0.4, 0.5) is 10.6 Å². The van der Waals surface area contributed by atoms with Crippen LogP contribution < -0.4 is 10.6 Å². The highest BCUT2D eigenvalue weighted by Crippen LogP contribution is 2.32. The summed E-state index contributed by atoms with van der Waals surface area (Å²) >= 11 is 1.25. The molecule has 0 aromatic carbocycles.